The maximum atomic E-state index is 11.2. The van der Waals surface area contributed by atoms with Gasteiger partial charge in [-0.05, 0) is 50.1 Å². The van der Waals surface area contributed by atoms with Crippen molar-refractivity contribution < 1.29 is 8.42 Å². The van der Waals surface area contributed by atoms with Gasteiger partial charge in [-0.3, -0.25) is 0 Å². The minimum atomic E-state index is -2.85. The predicted octanol–water partition coefficient (Wildman–Crippen LogP) is 3.73. The highest BCUT2D eigenvalue weighted by atomic mass is 79.9. The number of hydrogen-bond donors (Lipinski definition) is 1. The van der Waals surface area contributed by atoms with Crippen LogP contribution < -0.4 is 5.32 Å². The molecule has 0 aromatic heterocycles. The molecule has 1 rings (SSSR count). The zero-order valence-corrected chi connectivity index (χ0v) is 15.9. The molecule has 0 aliphatic carbocycles. The molecule has 0 fully saturated rings. The average molecular weight is 394 g/mol. The summed E-state index contributed by atoms with van der Waals surface area (Å²) in [6.45, 7) is 3.12. The molecule has 0 heterocycles. The minimum absolute atomic E-state index is 0.278. The highest BCUT2D eigenvalue weighted by molar-refractivity contribution is 9.10. The molecule has 120 valence electrons. The maximum absolute atomic E-state index is 11.2. The molecule has 0 saturated heterocycles. The van der Waals surface area contributed by atoms with Crippen molar-refractivity contribution in [2.75, 3.05) is 24.3 Å². The van der Waals surface area contributed by atoms with Gasteiger partial charge in [0.05, 0.1) is 0 Å². The number of sulfone groups is 1. The molecule has 3 nitrogen and oxygen atoms in total. The van der Waals surface area contributed by atoms with Gasteiger partial charge < -0.3 is 5.32 Å². The monoisotopic (exact) mass is 393 g/mol. The lowest BCUT2D eigenvalue weighted by Gasteiger charge is -2.18. The van der Waals surface area contributed by atoms with Gasteiger partial charge >= 0.3 is 0 Å². The molecule has 0 aliphatic rings. The highest BCUT2D eigenvalue weighted by Crippen LogP contribution is 2.22. The zero-order chi connectivity index (χ0) is 15.7. The van der Waals surface area contributed by atoms with E-state index in [4.69, 9.17) is 0 Å². The largest absolute Gasteiger partial charge is 0.313 e. The third-order valence-electron chi connectivity index (χ3n) is 3.02. The van der Waals surface area contributed by atoms with Gasteiger partial charge in [-0.2, -0.15) is 0 Å². The topological polar surface area (TPSA) is 46.2 Å². The first-order chi connectivity index (χ1) is 9.90. The Morgan fingerprint density at radius 1 is 1.29 bits per heavy atom. The van der Waals surface area contributed by atoms with E-state index in [0.717, 1.165) is 36.0 Å². The first kappa shape index (κ1) is 19.0. The summed E-state index contributed by atoms with van der Waals surface area (Å²) in [4.78, 5) is 1.24. The van der Waals surface area contributed by atoms with Crippen LogP contribution in [0.2, 0.25) is 0 Å². The fourth-order valence-electron chi connectivity index (χ4n) is 1.91. The standard InChI is InChI=1S/C15H24BrNO2S2/c1-3-10-17-14(5-4-11-21(2,18)19)12-20-15-8-6-13(16)7-9-15/h6-9,14,17H,3-5,10-12H2,1-2H3. The lowest BCUT2D eigenvalue weighted by molar-refractivity contribution is 0.512. The van der Waals surface area contributed by atoms with E-state index in [-0.39, 0.29) is 5.75 Å². The Morgan fingerprint density at radius 3 is 2.52 bits per heavy atom. The highest BCUT2D eigenvalue weighted by Gasteiger charge is 2.10. The zero-order valence-electron chi connectivity index (χ0n) is 12.6. The molecule has 1 atom stereocenters. The van der Waals surface area contributed by atoms with Crippen molar-refractivity contribution in [3.63, 3.8) is 0 Å². The molecule has 0 saturated carbocycles. The van der Waals surface area contributed by atoms with Crippen LogP contribution in [0.1, 0.15) is 26.2 Å². The van der Waals surface area contributed by atoms with Crippen molar-refractivity contribution in [1.29, 1.82) is 0 Å². The normalized spacial score (nSPS) is 13.3. The molecular formula is C15H24BrNO2S2. The van der Waals surface area contributed by atoms with Gasteiger partial charge in [-0.15, -0.1) is 11.8 Å². The van der Waals surface area contributed by atoms with E-state index in [1.807, 2.05) is 23.9 Å². The first-order valence-electron chi connectivity index (χ1n) is 7.20. The van der Waals surface area contributed by atoms with Gasteiger partial charge in [0, 0.05) is 33.2 Å². The fraction of sp³-hybridized carbons (Fsp3) is 0.600. The van der Waals surface area contributed by atoms with E-state index in [0.29, 0.717) is 6.04 Å². The summed E-state index contributed by atoms with van der Waals surface area (Å²) in [5.41, 5.74) is 0. The van der Waals surface area contributed by atoms with Crippen LogP contribution in [-0.4, -0.2) is 38.8 Å². The number of halogens is 1. The number of rotatable bonds is 10. The average Bonchev–Trinajstić information content (AvgIpc) is 2.41. The molecule has 0 amide bonds. The summed E-state index contributed by atoms with van der Waals surface area (Å²) in [6.07, 6.45) is 4.02. The van der Waals surface area contributed by atoms with Gasteiger partial charge in [0.15, 0.2) is 0 Å². The lowest BCUT2D eigenvalue weighted by Crippen LogP contribution is -2.32. The Labute approximate surface area is 141 Å². The molecule has 0 radical (unpaired) electrons. The molecule has 0 aliphatic heterocycles. The molecule has 0 bridgehead atoms. The third-order valence-corrected chi connectivity index (χ3v) is 5.75. The second-order valence-electron chi connectivity index (χ2n) is 5.19. The Bertz CT molecular complexity index is 503. The van der Waals surface area contributed by atoms with E-state index in [9.17, 15) is 8.42 Å². The summed E-state index contributed by atoms with van der Waals surface area (Å²) in [7, 11) is -2.85. The number of nitrogens with one attached hydrogen (secondary N) is 1. The molecule has 1 aromatic rings. The van der Waals surface area contributed by atoms with Crippen LogP contribution >= 0.6 is 27.7 Å². The summed E-state index contributed by atoms with van der Waals surface area (Å²) in [5, 5.41) is 3.51. The van der Waals surface area contributed by atoms with Gasteiger partial charge in [-0.1, -0.05) is 22.9 Å². The predicted molar refractivity (Wildman–Crippen MR) is 95.9 cm³/mol. The summed E-state index contributed by atoms with van der Waals surface area (Å²) < 4.78 is 23.5. The van der Waals surface area contributed by atoms with Crippen LogP contribution in [-0.2, 0) is 9.84 Å². The molecule has 1 N–H and O–H groups in total. The van der Waals surface area contributed by atoms with E-state index in [2.05, 4.69) is 40.3 Å². The van der Waals surface area contributed by atoms with E-state index in [1.165, 1.54) is 11.2 Å². The molecule has 0 spiro atoms. The second kappa shape index (κ2) is 9.87. The molecule has 21 heavy (non-hydrogen) atoms. The molecule has 1 aromatic carbocycles. The van der Waals surface area contributed by atoms with Crippen LogP contribution in [0.4, 0.5) is 0 Å². The lowest BCUT2D eigenvalue weighted by atomic mass is 10.2. The van der Waals surface area contributed by atoms with E-state index >= 15 is 0 Å². The molecule has 6 heteroatoms. The van der Waals surface area contributed by atoms with Gasteiger partial charge in [0.2, 0.25) is 0 Å². The summed E-state index contributed by atoms with van der Waals surface area (Å²) in [6, 6.07) is 8.64. The van der Waals surface area contributed by atoms with Crippen molar-refractivity contribution in [3.05, 3.63) is 28.7 Å². The van der Waals surface area contributed by atoms with E-state index < -0.39 is 9.84 Å². The Kier molecular flexibility index (Phi) is 8.94. The van der Waals surface area contributed by atoms with Crippen molar-refractivity contribution in [2.45, 2.75) is 37.1 Å². The third kappa shape index (κ3) is 9.55. The van der Waals surface area contributed by atoms with Crippen LogP contribution in [0.5, 0.6) is 0 Å². The SMILES string of the molecule is CCCNC(CCCS(C)(=O)=O)CSc1ccc(Br)cc1. The van der Waals surface area contributed by atoms with Gasteiger partial charge in [0.25, 0.3) is 0 Å². The van der Waals surface area contributed by atoms with Gasteiger partial charge in [-0.25, -0.2) is 8.42 Å². The van der Waals surface area contributed by atoms with Crippen molar-refractivity contribution in [2.24, 2.45) is 0 Å². The number of benzene rings is 1. The Morgan fingerprint density at radius 2 is 1.95 bits per heavy atom. The van der Waals surface area contributed by atoms with Gasteiger partial charge in [0.1, 0.15) is 9.84 Å². The second-order valence-corrected chi connectivity index (χ2v) is 9.46. The van der Waals surface area contributed by atoms with Crippen molar-refractivity contribution in [3.8, 4) is 0 Å². The maximum Gasteiger partial charge on any atom is 0.147 e. The summed E-state index contributed by atoms with van der Waals surface area (Å²) in [5.74, 6) is 1.24. The summed E-state index contributed by atoms with van der Waals surface area (Å²) >= 11 is 5.25. The Hall–Kier alpha value is -0.0400. The van der Waals surface area contributed by atoms with E-state index in [1.54, 1.807) is 0 Å². The minimum Gasteiger partial charge on any atom is -0.313 e. The number of hydrogen-bond acceptors (Lipinski definition) is 4. The fourth-order valence-corrected chi connectivity index (χ4v) is 3.87. The number of thioether (sulfide) groups is 1. The van der Waals surface area contributed by atoms with Crippen LogP contribution in [0.3, 0.4) is 0 Å². The first-order valence-corrected chi connectivity index (χ1v) is 11.0. The van der Waals surface area contributed by atoms with Crippen LogP contribution in [0, 0.1) is 0 Å². The quantitative estimate of drug-likeness (QED) is 0.615. The van der Waals surface area contributed by atoms with Crippen molar-refractivity contribution >= 4 is 37.5 Å². The Balaban J connectivity index is 2.43. The molecular weight excluding hydrogens is 370 g/mol. The van der Waals surface area contributed by atoms with Crippen LogP contribution in [0.15, 0.2) is 33.6 Å². The van der Waals surface area contributed by atoms with Crippen molar-refractivity contribution in [1.82, 2.24) is 5.32 Å². The van der Waals surface area contributed by atoms with Crippen LogP contribution in [0.25, 0.3) is 0 Å². The smallest absolute Gasteiger partial charge is 0.147 e. The molecule has 1 unspecified atom stereocenters.